The van der Waals surface area contributed by atoms with E-state index in [4.69, 9.17) is 9.47 Å². The van der Waals surface area contributed by atoms with Gasteiger partial charge >= 0.3 is 5.97 Å². The van der Waals surface area contributed by atoms with Crippen molar-refractivity contribution in [2.75, 3.05) is 0 Å². The maximum atomic E-state index is 12.0. The van der Waals surface area contributed by atoms with Gasteiger partial charge in [-0.1, -0.05) is 84.9 Å². The van der Waals surface area contributed by atoms with Gasteiger partial charge in [0.05, 0.1) is 5.41 Å². The van der Waals surface area contributed by atoms with Crippen molar-refractivity contribution in [2.45, 2.75) is 34.1 Å². The molecule has 35 heavy (non-hydrogen) atoms. The van der Waals surface area contributed by atoms with Crippen LogP contribution in [0, 0.1) is 5.41 Å². The molecule has 0 aliphatic heterocycles. The normalized spacial score (nSPS) is 11.5. The Bertz CT molecular complexity index is 1310. The molecule has 0 spiro atoms. The van der Waals surface area contributed by atoms with E-state index in [9.17, 15) is 4.79 Å². The van der Waals surface area contributed by atoms with Gasteiger partial charge in [-0.15, -0.1) is 15.0 Å². The highest BCUT2D eigenvalue weighted by molar-refractivity contribution is 5.79. The van der Waals surface area contributed by atoms with E-state index in [0.29, 0.717) is 12.4 Å². The summed E-state index contributed by atoms with van der Waals surface area (Å²) in [6.45, 7) is 5.79. The van der Waals surface area contributed by atoms with E-state index >= 15 is 0 Å². The molecule has 0 radical (unpaired) electrons. The predicted octanol–water partition coefficient (Wildman–Crippen LogP) is 5.64. The highest BCUT2D eigenvalue weighted by Crippen LogP contribution is 2.25. The number of carbonyl (C=O) groups is 1. The van der Waals surface area contributed by atoms with Crippen LogP contribution in [0.25, 0.3) is 23.5 Å². The largest absolute Gasteiger partial charge is 0.488 e. The summed E-state index contributed by atoms with van der Waals surface area (Å²) in [5.74, 6) is 0.924. The van der Waals surface area contributed by atoms with Gasteiger partial charge in [-0.05, 0) is 43.2 Å². The van der Waals surface area contributed by atoms with E-state index in [-0.39, 0.29) is 12.7 Å². The van der Waals surface area contributed by atoms with Crippen LogP contribution in [-0.4, -0.2) is 26.2 Å². The summed E-state index contributed by atoms with van der Waals surface area (Å²) in [6.07, 6.45) is 4.01. The summed E-state index contributed by atoms with van der Waals surface area (Å²) >= 11 is 0. The van der Waals surface area contributed by atoms with Crippen molar-refractivity contribution in [3.8, 4) is 17.1 Å². The quantitative estimate of drug-likeness (QED) is 0.246. The topological polar surface area (TPSA) is 79.1 Å². The molecule has 0 saturated carbocycles. The van der Waals surface area contributed by atoms with Gasteiger partial charge in [0, 0.05) is 11.1 Å². The van der Waals surface area contributed by atoms with Crippen molar-refractivity contribution in [1.29, 1.82) is 0 Å². The molecule has 7 nitrogen and oxygen atoms in total. The second-order valence-electron chi connectivity index (χ2n) is 9.03. The summed E-state index contributed by atoms with van der Waals surface area (Å²) in [7, 11) is 0. The maximum Gasteiger partial charge on any atom is 0.313 e. The third-order valence-electron chi connectivity index (χ3n) is 5.18. The third kappa shape index (κ3) is 6.41. The molecule has 4 rings (SSSR count). The summed E-state index contributed by atoms with van der Waals surface area (Å²) in [5, 5.41) is 12.6. The Morgan fingerprint density at radius 2 is 1.54 bits per heavy atom. The Morgan fingerprint density at radius 3 is 2.31 bits per heavy atom. The van der Waals surface area contributed by atoms with Crippen molar-refractivity contribution >= 4 is 18.1 Å². The van der Waals surface area contributed by atoms with Gasteiger partial charge in [-0.2, -0.15) is 0 Å². The fourth-order valence-electron chi connectivity index (χ4n) is 3.25. The molecule has 178 valence electrons. The number of hydrogen-bond donors (Lipinski definition) is 0. The molecule has 0 aliphatic carbocycles. The van der Waals surface area contributed by atoms with Gasteiger partial charge < -0.3 is 9.47 Å². The Morgan fingerprint density at radius 1 is 0.886 bits per heavy atom. The van der Waals surface area contributed by atoms with Crippen LogP contribution in [0.1, 0.15) is 37.5 Å². The van der Waals surface area contributed by atoms with Gasteiger partial charge in [0.1, 0.15) is 12.4 Å². The number of tetrazole rings is 1. The lowest BCUT2D eigenvalue weighted by molar-refractivity contribution is -0.157. The smallest absolute Gasteiger partial charge is 0.313 e. The van der Waals surface area contributed by atoms with Crippen molar-refractivity contribution in [2.24, 2.45) is 5.41 Å². The molecular weight excluding hydrogens is 440 g/mol. The van der Waals surface area contributed by atoms with Crippen molar-refractivity contribution in [1.82, 2.24) is 20.2 Å². The predicted molar refractivity (Wildman–Crippen MR) is 135 cm³/mol. The molecule has 0 fully saturated rings. The monoisotopic (exact) mass is 468 g/mol. The number of rotatable bonds is 8. The second kappa shape index (κ2) is 10.8. The lowest BCUT2D eigenvalue weighted by atomic mass is 9.98. The lowest BCUT2D eigenvalue weighted by Crippen LogP contribution is -2.24. The molecule has 0 N–H and O–H groups in total. The second-order valence-corrected chi connectivity index (χ2v) is 9.03. The van der Waals surface area contributed by atoms with Crippen LogP contribution in [0.2, 0.25) is 0 Å². The zero-order valence-electron chi connectivity index (χ0n) is 20.1. The summed E-state index contributed by atoms with van der Waals surface area (Å²) in [6, 6.07) is 25.8. The minimum absolute atomic E-state index is 0.0900. The first kappa shape index (κ1) is 23.9. The summed E-state index contributed by atoms with van der Waals surface area (Å²) < 4.78 is 11.3. The molecule has 0 saturated heterocycles. The van der Waals surface area contributed by atoms with Gasteiger partial charge in [-0.25, -0.2) is 0 Å². The molecule has 7 heteroatoms. The van der Waals surface area contributed by atoms with Crippen LogP contribution in [0.3, 0.4) is 0 Å². The van der Waals surface area contributed by atoms with E-state index in [1.807, 2.05) is 91.0 Å². The Kier molecular flexibility index (Phi) is 7.35. The Labute approximate surface area is 205 Å². The number of benzene rings is 3. The molecule has 3 aromatic carbocycles. The van der Waals surface area contributed by atoms with Crippen LogP contribution in [-0.2, 0) is 22.9 Å². The average Bonchev–Trinajstić information content (AvgIpc) is 3.34. The number of esters is 1. The first-order valence-corrected chi connectivity index (χ1v) is 11.4. The number of para-hydroxylation sites is 1. The Hall–Kier alpha value is -4.26. The summed E-state index contributed by atoms with van der Waals surface area (Å²) in [4.78, 5) is 13.3. The van der Waals surface area contributed by atoms with Gasteiger partial charge in [0.2, 0.25) is 12.6 Å². The fourth-order valence-corrected chi connectivity index (χ4v) is 3.25. The van der Waals surface area contributed by atoms with Crippen molar-refractivity contribution < 1.29 is 14.3 Å². The van der Waals surface area contributed by atoms with Crippen LogP contribution >= 0.6 is 0 Å². The molecular formula is C28H28N4O3. The molecule has 0 unspecified atom stereocenters. The van der Waals surface area contributed by atoms with Crippen LogP contribution in [0.5, 0.6) is 5.75 Å². The molecule has 0 atom stereocenters. The Balaban J connectivity index is 1.49. The highest BCUT2D eigenvalue weighted by atomic mass is 16.5. The van der Waals surface area contributed by atoms with Crippen molar-refractivity contribution in [3.63, 3.8) is 0 Å². The van der Waals surface area contributed by atoms with Gasteiger partial charge in [0.15, 0.2) is 0 Å². The highest BCUT2D eigenvalue weighted by Gasteiger charge is 2.23. The zero-order chi connectivity index (χ0) is 24.7. The van der Waals surface area contributed by atoms with E-state index in [1.165, 1.54) is 4.80 Å². The van der Waals surface area contributed by atoms with E-state index < -0.39 is 5.41 Å². The van der Waals surface area contributed by atoms with Crippen LogP contribution in [0.15, 0.2) is 78.9 Å². The van der Waals surface area contributed by atoms with Crippen LogP contribution in [0.4, 0.5) is 0 Å². The first-order valence-electron chi connectivity index (χ1n) is 11.4. The third-order valence-corrected chi connectivity index (χ3v) is 5.18. The number of hydrogen-bond acceptors (Lipinski definition) is 6. The van der Waals surface area contributed by atoms with Gasteiger partial charge in [-0.3, -0.25) is 4.79 Å². The lowest BCUT2D eigenvalue weighted by Gasteiger charge is -2.15. The maximum absolute atomic E-state index is 12.0. The molecule has 0 aliphatic rings. The standard InChI is InChI=1S/C28H28N4O3/c1-28(2,3)27(33)35-20-32-30-26(29-31-32)24-15-9-7-13-22(24)17-18-23-14-8-10-16-25(23)34-19-21-11-5-4-6-12-21/h4-18H,19-20H2,1-3H3. The minimum Gasteiger partial charge on any atom is -0.488 e. The number of aromatic nitrogens is 4. The zero-order valence-corrected chi connectivity index (χ0v) is 20.1. The minimum atomic E-state index is -0.595. The number of nitrogens with zero attached hydrogens (tertiary/aromatic N) is 4. The van der Waals surface area contributed by atoms with Crippen molar-refractivity contribution in [3.05, 3.63) is 95.6 Å². The number of carbonyl (C=O) groups excluding carboxylic acids is 1. The molecule has 1 aromatic heterocycles. The SMILES string of the molecule is CC(C)(C)C(=O)OCn1nnc(-c2ccccc2C=Cc2ccccc2OCc2ccccc2)n1. The van der Waals surface area contributed by atoms with E-state index in [0.717, 1.165) is 28.0 Å². The fraction of sp³-hybridized carbons (Fsp3) is 0.214. The van der Waals surface area contributed by atoms with Gasteiger partial charge in [0.25, 0.3) is 0 Å². The summed E-state index contributed by atoms with van der Waals surface area (Å²) in [5.41, 5.74) is 3.22. The van der Waals surface area contributed by atoms with Crippen LogP contribution < -0.4 is 4.74 Å². The molecule has 1 heterocycles. The number of ether oxygens (including phenoxy) is 2. The van der Waals surface area contributed by atoms with E-state index in [2.05, 4.69) is 15.4 Å². The first-order chi connectivity index (χ1) is 16.9. The van der Waals surface area contributed by atoms with E-state index in [1.54, 1.807) is 20.8 Å². The molecule has 4 aromatic rings. The average molecular weight is 469 g/mol. The molecule has 0 amide bonds. The molecule has 0 bridgehead atoms.